The smallest absolute Gasteiger partial charge is 0.258 e. The van der Waals surface area contributed by atoms with Crippen LogP contribution in [0.25, 0.3) is 0 Å². The molecule has 0 radical (unpaired) electrons. The Kier molecular flexibility index (Phi) is 7.18. The number of likely N-dealkylation sites (N-methyl/N-ethyl adjacent to an activating group) is 1. The van der Waals surface area contributed by atoms with Crippen LogP contribution in [0.1, 0.15) is 52.8 Å². The molecule has 0 saturated heterocycles. The monoisotopic (exact) mass is 400 g/mol. The summed E-state index contributed by atoms with van der Waals surface area (Å²) in [7, 11) is 1.62. The van der Waals surface area contributed by atoms with Crippen LogP contribution in [0.15, 0.2) is 23.2 Å². The Morgan fingerprint density at radius 1 is 1.14 bits per heavy atom. The van der Waals surface area contributed by atoms with Gasteiger partial charge < -0.3 is 10.2 Å². The molecule has 0 fully saturated rings. The molecule has 0 bridgehead atoms. The topological polar surface area (TPSA) is 75.2 Å². The number of nitrogens with one attached hydrogen (secondary N) is 1. The molecule has 28 heavy (non-hydrogen) atoms. The number of carbonyl (C=O) groups excluding carboxylic acids is 2. The van der Waals surface area contributed by atoms with Gasteiger partial charge in [-0.25, -0.2) is 9.97 Å². The molecule has 1 aromatic carbocycles. The van der Waals surface area contributed by atoms with Crippen LogP contribution >= 0.6 is 11.8 Å². The normalized spacial score (nSPS) is 10.9. The minimum atomic E-state index is -0.256. The van der Waals surface area contributed by atoms with Gasteiger partial charge in [-0.1, -0.05) is 32.0 Å². The van der Waals surface area contributed by atoms with Crippen LogP contribution in [-0.2, 0) is 4.79 Å². The van der Waals surface area contributed by atoms with Crippen LogP contribution in [-0.4, -0.2) is 46.5 Å². The lowest BCUT2D eigenvalue weighted by molar-refractivity contribution is -0.116. The van der Waals surface area contributed by atoms with E-state index in [1.54, 1.807) is 7.05 Å². The highest BCUT2D eigenvalue weighted by Gasteiger charge is 2.23. The van der Waals surface area contributed by atoms with Crippen LogP contribution in [0.3, 0.4) is 0 Å². The van der Waals surface area contributed by atoms with E-state index in [-0.39, 0.29) is 24.3 Å². The maximum Gasteiger partial charge on any atom is 0.258 e. The third-order valence-electron chi connectivity index (χ3n) is 4.47. The van der Waals surface area contributed by atoms with Crippen molar-refractivity contribution in [3.8, 4) is 0 Å². The summed E-state index contributed by atoms with van der Waals surface area (Å²) in [6.07, 6.45) is 1.89. The van der Waals surface area contributed by atoms with E-state index in [0.717, 1.165) is 16.8 Å². The van der Waals surface area contributed by atoms with Crippen molar-refractivity contribution in [2.24, 2.45) is 0 Å². The van der Waals surface area contributed by atoms with Crippen LogP contribution in [0.4, 0.5) is 5.69 Å². The van der Waals surface area contributed by atoms with E-state index in [9.17, 15) is 9.59 Å². The van der Waals surface area contributed by atoms with Crippen LogP contribution in [0.2, 0.25) is 0 Å². The van der Waals surface area contributed by atoms with Crippen molar-refractivity contribution in [2.75, 3.05) is 25.2 Å². The number of carbonyl (C=O) groups is 2. The van der Waals surface area contributed by atoms with Gasteiger partial charge in [0, 0.05) is 18.7 Å². The number of nitrogens with zero attached hydrogens (tertiary/aromatic N) is 3. The predicted octanol–water partition coefficient (Wildman–Crippen LogP) is 3.96. The number of benzene rings is 1. The summed E-state index contributed by atoms with van der Waals surface area (Å²) in [5, 5.41) is 3.56. The molecule has 0 aliphatic rings. The molecule has 0 unspecified atom stereocenters. The van der Waals surface area contributed by atoms with Crippen molar-refractivity contribution >= 4 is 29.3 Å². The number of anilines is 1. The molecule has 7 heteroatoms. The van der Waals surface area contributed by atoms with Crippen LogP contribution in [0.5, 0.6) is 0 Å². The third kappa shape index (κ3) is 4.90. The summed E-state index contributed by atoms with van der Waals surface area (Å²) in [5.74, 6) is 0.397. The van der Waals surface area contributed by atoms with Gasteiger partial charge in [-0.15, -0.1) is 11.8 Å². The molecule has 2 rings (SSSR count). The van der Waals surface area contributed by atoms with E-state index in [0.29, 0.717) is 22.1 Å². The molecule has 2 aromatic rings. The summed E-state index contributed by atoms with van der Waals surface area (Å²) in [5.41, 5.74) is 3.86. The van der Waals surface area contributed by atoms with Crippen LogP contribution in [0, 0.1) is 20.8 Å². The maximum absolute atomic E-state index is 13.0. The van der Waals surface area contributed by atoms with Gasteiger partial charge in [-0.3, -0.25) is 9.59 Å². The van der Waals surface area contributed by atoms with Gasteiger partial charge in [0.15, 0.2) is 0 Å². The van der Waals surface area contributed by atoms with Gasteiger partial charge in [-0.2, -0.15) is 0 Å². The fraction of sp³-hybridized carbons (Fsp3) is 0.429. The number of aryl methyl sites for hydroxylation is 3. The standard InChI is InChI=1S/C21H28N4O2S/c1-12(2)19-22-15(5)17(20(24-19)28-7)21(27)25(6)11-16(26)23-18-13(3)9-8-10-14(18)4/h8-10,12H,11H2,1-7H3,(H,23,26). The first-order valence-electron chi connectivity index (χ1n) is 9.19. The first kappa shape index (κ1) is 21.9. The molecule has 0 aliphatic heterocycles. The lowest BCUT2D eigenvalue weighted by atomic mass is 10.1. The molecule has 0 aliphatic carbocycles. The van der Waals surface area contributed by atoms with E-state index < -0.39 is 0 Å². The minimum Gasteiger partial charge on any atom is -0.332 e. The van der Waals surface area contributed by atoms with E-state index in [2.05, 4.69) is 15.3 Å². The van der Waals surface area contributed by atoms with Gasteiger partial charge in [0.2, 0.25) is 5.91 Å². The average molecular weight is 401 g/mol. The van der Waals surface area contributed by atoms with E-state index in [1.165, 1.54) is 16.7 Å². The second-order valence-electron chi connectivity index (χ2n) is 7.18. The fourth-order valence-electron chi connectivity index (χ4n) is 2.89. The lowest BCUT2D eigenvalue weighted by Gasteiger charge is -2.20. The van der Waals surface area contributed by atoms with Crippen molar-refractivity contribution in [3.05, 3.63) is 46.4 Å². The maximum atomic E-state index is 13.0. The highest BCUT2D eigenvalue weighted by Crippen LogP contribution is 2.24. The molecule has 1 heterocycles. The Balaban J connectivity index is 2.20. The minimum absolute atomic E-state index is 0.0498. The van der Waals surface area contributed by atoms with Crippen molar-refractivity contribution in [3.63, 3.8) is 0 Å². The molecule has 150 valence electrons. The average Bonchev–Trinajstić information content (AvgIpc) is 2.63. The number of aromatic nitrogens is 2. The molecular weight excluding hydrogens is 372 g/mol. The fourth-order valence-corrected chi connectivity index (χ4v) is 3.51. The summed E-state index contributed by atoms with van der Waals surface area (Å²) in [6, 6.07) is 5.84. The molecule has 1 aromatic heterocycles. The Bertz CT molecular complexity index is 876. The SMILES string of the molecule is CSc1nc(C(C)C)nc(C)c1C(=O)N(C)CC(=O)Nc1c(C)cccc1C. The Morgan fingerprint density at radius 2 is 1.75 bits per heavy atom. The number of hydrogen-bond acceptors (Lipinski definition) is 5. The molecule has 0 saturated carbocycles. The predicted molar refractivity (Wildman–Crippen MR) is 114 cm³/mol. The first-order chi connectivity index (χ1) is 13.1. The molecule has 2 amide bonds. The summed E-state index contributed by atoms with van der Waals surface area (Å²) >= 11 is 1.41. The van der Waals surface area contributed by atoms with Crippen molar-refractivity contribution in [1.29, 1.82) is 0 Å². The zero-order valence-electron chi connectivity index (χ0n) is 17.6. The molecule has 1 N–H and O–H groups in total. The van der Waals surface area contributed by atoms with E-state index in [4.69, 9.17) is 0 Å². The Morgan fingerprint density at radius 3 is 2.29 bits per heavy atom. The zero-order chi connectivity index (χ0) is 21.0. The Labute approximate surface area is 171 Å². The number of hydrogen-bond donors (Lipinski definition) is 1. The van der Waals surface area contributed by atoms with E-state index in [1.807, 2.05) is 59.1 Å². The van der Waals surface area contributed by atoms with Crippen molar-refractivity contribution in [1.82, 2.24) is 14.9 Å². The van der Waals surface area contributed by atoms with Gasteiger partial charge >= 0.3 is 0 Å². The molecule has 0 spiro atoms. The third-order valence-corrected chi connectivity index (χ3v) is 5.15. The number of thioether (sulfide) groups is 1. The lowest BCUT2D eigenvalue weighted by Crippen LogP contribution is -2.36. The first-order valence-corrected chi connectivity index (χ1v) is 10.4. The zero-order valence-corrected chi connectivity index (χ0v) is 18.4. The van der Waals surface area contributed by atoms with E-state index >= 15 is 0 Å². The molecular formula is C21H28N4O2S. The molecule has 6 nitrogen and oxygen atoms in total. The van der Waals surface area contributed by atoms with Crippen LogP contribution < -0.4 is 5.32 Å². The second kappa shape index (κ2) is 9.19. The number of rotatable bonds is 6. The quantitative estimate of drug-likeness (QED) is 0.587. The second-order valence-corrected chi connectivity index (χ2v) is 7.98. The van der Waals surface area contributed by atoms with Gasteiger partial charge in [0.1, 0.15) is 10.9 Å². The van der Waals surface area contributed by atoms with Gasteiger partial charge in [0.25, 0.3) is 5.91 Å². The summed E-state index contributed by atoms with van der Waals surface area (Å²) < 4.78 is 0. The molecule has 0 atom stereocenters. The number of amides is 2. The summed E-state index contributed by atoms with van der Waals surface area (Å²) in [4.78, 5) is 35.9. The highest BCUT2D eigenvalue weighted by molar-refractivity contribution is 7.98. The van der Waals surface area contributed by atoms with Gasteiger partial charge in [-0.05, 0) is 38.2 Å². The van der Waals surface area contributed by atoms with Gasteiger partial charge in [0.05, 0.1) is 17.8 Å². The Hall–Kier alpha value is -2.41. The van der Waals surface area contributed by atoms with Crippen molar-refractivity contribution < 1.29 is 9.59 Å². The largest absolute Gasteiger partial charge is 0.332 e. The van der Waals surface area contributed by atoms with Crippen molar-refractivity contribution in [2.45, 2.75) is 45.6 Å². The number of para-hydroxylation sites is 1. The highest BCUT2D eigenvalue weighted by atomic mass is 32.2. The summed E-state index contributed by atoms with van der Waals surface area (Å²) in [6.45, 7) is 9.68.